The number of nitrogens with zero attached hydrogens (tertiary/aromatic N) is 3. The van der Waals surface area contributed by atoms with Crippen molar-refractivity contribution in [3.05, 3.63) is 46.7 Å². The summed E-state index contributed by atoms with van der Waals surface area (Å²) >= 11 is 0. The zero-order chi connectivity index (χ0) is 29.1. The molecule has 1 aromatic rings. The highest BCUT2D eigenvalue weighted by molar-refractivity contribution is 6.16. The van der Waals surface area contributed by atoms with Crippen molar-refractivity contribution in [3.8, 4) is 5.75 Å². The number of aliphatic hydroxyl groups excluding tert-OH is 2. The molecule has 0 saturated heterocycles. The van der Waals surface area contributed by atoms with Crippen LogP contribution in [0.3, 0.4) is 0 Å². The lowest BCUT2D eigenvalue weighted by molar-refractivity contribution is -0.178. The number of aliphatic hydroxyl groups is 3. The van der Waals surface area contributed by atoms with E-state index in [-0.39, 0.29) is 29.7 Å². The van der Waals surface area contributed by atoms with Gasteiger partial charge in [-0.1, -0.05) is 6.08 Å². The third-order valence-corrected chi connectivity index (χ3v) is 8.51. The summed E-state index contributed by atoms with van der Waals surface area (Å²) in [6, 6.07) is 0.929. The molecule has 2 unspecified atom stereocenters. The molecule has 1 aromatic carbocycles. The fraction of sp³-hybridized carbons (Fsp3) is 0.536. The molecule has 4 rings (SSSR count). The number of carbonyl (C=O) groups excluding carboxylic acids is 3. The maximum Gasteiger partial charge on any atom is 0.230 e. The summed E-state index contributed by atoms with van der Waals surface area (Å²) in [6.45, 7) is 4.60. The molecule has 1 saturated carbocycles. The molecule has 0 aliphatic heterocycles. The maximum atomic E-state index is 14.0. The van der Waals surface area contributed by atoms with Gasteiger partial charge < -0.3 is 36.0 Å². The number of allylic oxidation sites excluding steroid dienone is 1. The largest absolute Gasteiger partial charge is 0.508 e. The van der Waals surface area contributed by atoms with Crippen LogP contribution in [0.25, 0.3) is 0 Å². The Labute approximate surface area is 227 Å². The summed E-state index contributed by atoms with van der Waals surface area (Å²) in [5.41, 5.74) is 4.52. The summed E-state index contributed by atoms with van der Waals surface area (Å²) in [7, 11) is 8.77. The van der Waals surface area contributed by atoms with Crippen molar-refractivity contribution in [2.45, 2.75) is 37.1 Å². The van der Waals surface area contributed by atoms with Crippen molar-refractivity contribution in [2.75, 3.05) is 46.7 Å². The maximum absolute atomic E-state index is 14.0. The molecule has 11 heteroatoms. The van der Waals surface area contributed by atoms with E-state index in [1.165, 1.54) is 0 Å². The molecule has 0 bridgehead atoms. The van der Waals surface area contributed by atoms with Gasteiger partial charge in [0, 0.05) is 56.0 Å². The molecule has 1 fully saturated rings. The van der Waals surface area contributed by atoms with Crippen LogP contribution in [0.4, 0.5) is 5.69 Å². The number of aromatic hydroxyl groups is 1. The van der Waals surface area contributed by atoms with Crippen molar-refractivity contribution in [2.24, 2.45) is 23.5 Å². The average molecular weight is 543 g/mol. The third-order valence-electron chi connectivity index (χ3n) is 8.51. The van der Waals surface area contributed by atoms with Crippen LogP contribution in [-0.4, -0.2) is 107 Å². The summed E-state index contributed by atoms with van der Waals surface area (Å²) in [5.74, 6) is -7.41. The second kappa shape index (κ2) is 10.1. The number of anilines is 1. The molecular weight excluding hydrogens is 504 g/mol. The Balaban J connectivity index is 1.93. The third kappa shape index (κ3) is 4.24. The van der Waals surface area contributed by atoms with Gasteiger partial charge in [0.25, 0.3) is 0 Å². The molecule has 1 amide bonds. The van der Waals surface area contributed by atoms with Gasteiger partial charge in [0.05, 0.1) is 11.7 Å². The molecule has 0 radical (unpaired) electrons. The van der Waals surface area contributed by atoms with Gasteiger partial charge in [-0.3, -0.25) is 19.3 Å². The van der Waals surface area contributed by atoms with Gasteiger partial charge in [-0.05, 0) is 51.5 Å². The number of phenolic OH excluding ortho intramolecular Hbond substituents is 1. The van der Waals surface area contributed by atoms with Crippen molar-refractivity contribution in [3.63, 3.8) is 0 Å². The second-order valence-corrected chi connectivity index (χ2v) is 11.4. The van der Waals surface area contributed by atoms with Crippen molar-refractivity contribution in [1.82, 2.24) is 9.80 Å². The summed E-state index contributed by atoms with van der Waals surface area (Å²) in [6.07, 6.45) is 0.544. The highest BCUT2D eigenvalue weighted by Crippen LogP contribution is 2.53. The lowest BCUT2D eigenvalue weighted by Gasteiger charge is -2.53. The number of rotatable bonds is 7. The van der Waals surface area contributed by atoms with Crippen LogP contribution in [0.5, 0.6) is 5.75 Å². The van der Waals surface area contributed by atoms with Crippen molar-refractivity contribution >= 4 is 23.2 Å². The Morgan fingerprint density at radius 1 is 1.21 bits per heavy atom. The first-order chi connectivity index (χ1) is 18.2. The molecule has 6 N–H and O–H groups in total. The first-order valence-electron chi connectivity index (χ1n) is 12.9. The minimum Gasteiger partial charge on any atom is -0.508 e. The number of benzene rings is 1. The number of amides is 1. The van der Waals surface area contributed by atoms with Gasteiger partial charge in [0.2, 0.25) is 5.91 Å². The average Bonchev–Trinajstić information content (AvgIpc) is 2.82. The fourth-order valence-electron chi connectivity index (χ4n) is 6.80. The topological polar surface area (TPSA) is 168 Å². The van der Waals surface area contributed by atoms with Crippen LogP contribution in [0.1, 0.15) is 27.9 Å². The van der Waals surface area contributed by atoms with Crippen LogP contribution < -0.4 is 10.6 Å². The lowest BCUT2D eigenvalue weighted by atomic mass is 9.56. The van der Waals surface area contributed by atoms with E-state index in [1.807, 2.05) is 37.0 Å². The first-order valence-corrected chi connectivity index (χ1v) is 12.9. The van der Waals surface area contributed by atoms with Gasteiger partial charge in [0.15, 0.2) is 17.2 Å². The molecule has 39 heavy (non-hydrogen) atoms. The molecule has 3 aliphatic rings. The monoisotopic (exact) mass is 542 g/mol. The Hall–Kier alpha value is -3.25. The number of nitrogens with two attached hydrogens (primary N) is 1. The molecule has 212 valence electrons. The van der Waals surface area contributed by atoms with E-state index in [0.717, 1.165) is 5.69 Å². The van der Waals surface area contributed by atoms with E-state index in [4.69, 9.17) is 5.73 Å². The van der Waals surface area contributed by atoms with Crippen LogP contribution in [0.15, 0.2) is 30.1 Å². The number of likely N-dealkylation sites (N-methyl/N-ethyl adjacent to an activating group) is 2. The molecule has 0 aromatic heterocycles. The van der Waals surface area contributed by atoms with E-state index < -0.39 is 58.7 Å². The normalized spacial score (nSPS) is 30.2. The molecule has 0 heterocycles. The van der Waals surface area contributed by atoms with E-state index >= 15 is 0 Å². The summed E-state index contributed by atoms with van der Waals surface area (Å²) in [5, 5.41) is 45.6. The number of hydrogen-bond acceptors (Lipinski definition) is 10. The molecule has 3 aliphatic carbocycles. The Morgan fingerprint density at radius 2 is 1.85 bits per heavy atom. The number of ketones is 2. The van der Waals surface area contributed by atoms with Crippen molar-refractivity contribution in [1.29, 1.82) is 0 Å². The number of primary amides is 1. The van der Waals surface area contributed by atoms with Gasteiger partial charge in [0.1, 0.15) is 17.4 Å². The van der Waals surface area contributed by atoms with Crippen LogP contribution in [0.2, 0.25) is 0 Å². The van der Waals surface area contributed by atoms with Crippen LogP contribution in [-0.2, 0) is 22.6 Å². The Bertz CT molecular complexity index is 1270. The minimum absolute atomic E-state index is 0.0157. The fourth-order valence-corrected chi connectivity index (χ4v) is 6.80. The zero-order valence-electron chi connectivity index (χ0n) is 23.0. The smallest absolute Gasteiger partial charge is 0.230 e. The lowest BCUT2D eigenvalue weighted by Crippen LogP contribution is -2.71. The van der Waals surface area contributed by atoms with E-state index in [9.17, 15) is 34.8 Å². The van der Waals surface area contributed by atoms with Gasteiger partial charge in [-0.2, -0.15) is 0 Å². The number of fused-ring (bicyclic) bond motifs is 3. The van der Waals surface area contributed by atoms with E-state index in [0.29, 0.717) is 24.2 Å². The Morgan fingerprint density at radius 3 is 2.38 bits per heavy atom. The molecule has 6 atom stereocenters. The predicted molar refractivity (Wildman–Crippen MR) is 144 cm³/mol. The van der Waals surface area contributed by atoms with Crippen LogP contribution >= 0.6 is 0 Å². The summed E-state index contributed by atoms with van der Waals surface area (Å²) < 4.78 is 0. The predicted octanol–water partition coefficient (Wildman–Crippen LogP) is -0.0306. The molecular formula is C28H38N4O7. The first kappa shape index (κ1) is 28.8. The quantitative estimate of drug-likeness (QED) is 0.233. The number of carbonyl (C=O) groups is 3. The van der Waals surface area contributed by atoms with Gasteiger partial charge in [-0.25, -0.2) is 0 Å². The molecule has 0 spiro atoms. The van der Waals surface area contributed by atoms with E-state index in [1.54, 1.807) is 25.1 Å². The standard InChI is InChI=1S/C28H38N4O7/c1-7-8-32(6)12-14-11-17(30(2)3)15-9-13-10-16-21(31(4)5)24(35)20(27(29)38)26(37)28(16,39)25(36)18(13)23(34)19(15)22(14)33/h7,11,13,16,20-21,24,33,35-36,39H,1,8-10,12H2,2-6H3,(H2,29,38)/t13-,16-,20?,21-,24?,28-/m0/s1. The minimum atomic E-state index is -2.60. The summed E-state index contributed by atoms with van der Waals surface area (Å²) in [4.78, 5) is 45.1. The number of phenols is 1. The van der Waals surface area contributed by atoms with Crippen LogP contribution in [0, 0.1) is 17.8 Å². The highest BCUT2D eigenvalue weighted by atomic mass is 16.3. The van der Waals surface area contributed by atoms with Gasteiger partial charge >= 0.3 is 0 Å². The zero-order valence-corrected chi connectivity index (χ0v) is 23.0. The second-order valence-electron chi connectivity index (χ2n) is 11.4. The SMILES string of the molecule is C=CCN(C)Cc1cc(N(C)C)c2c(c1O)C(=O)C1=C(O)[C@]3(O)C(=O)C(C(N)=O)C(O)[C@@H](N(C)C)[C@@H]3C[C@@H]1C2. The molecule has 11 nitrogen and oxygen atoms in total. The Kier molecular flexibility index (Phi) is 7.41. The highest BCUT2D eigenvalue weighted by Gasteiger charge is 2.66. The number of Topliss-reactive ketones (excluding diaryl/α,β-unsaturated/α-hetero) is 2. The van der Waals surface area contributed by atoms with Gasteiger partial charge in [-0.15, -0.1) is 6.58 Å². The number of hydrogen-bond donors (Lipinski definition) is 5. The van der Waals surface area contributed by atoms with E-state index in [2.05, 4.69) is 6.58 Å². The van der Waals surface area contributed by atoms with Crippen molar-refractivity contribution < 1.29 is 34.8 Å².